The molecule has 0 bridgehead atoms. The van der Waals surface area contributed by atoms with Crippen molar-refractivity contribution in [3.63, 3.8) is 0 Å². The molecule has 0 aliphatic rings. The quantitative estimate of drug-likeness (QED) is 0.626. The molecule has 0 aliphatic heterocycles. The molecule has 0 atom stereocenters. The zero-order valence-electron chi connectivity index (χ0n) is 6.75. The lowest BCUT2D eigenvalue weighted by Crippen LogP contribution is -2.13. The third-order valence-electron chi connectivity index (χ3n) is 1.45. The van der Waals surface area contributed by atoms with Gasteiger partial charge in [-0.3, -0.25) is 4.98 Å². The van der Waals surface area contributed by atoms with Gasteiger partial charge in [-0.25, -0.2) is 4.39 Å². The summed E-state index contributed by atoms with van der Waals surface area (Å²) in [6.07, 6.45) is -10.2. The standard InChI is InChI=1S/C7H2F7N/c8-4-1-5(7(12,13)14)15-2-3(4)6(9,10)11/h1-2H. The second-order valence-electron chi connectivity index (χ2n) is 2.54. The molecular weight excluding hydrogens is 231 g/mol. The minimum Gasteiger partial charge on any atom is -0.251 e. The van der Waals surface area contributed by atoms with Gasteiger partial charge in [-0.2, -0.15) is 26.3 Å². The molecule has 84 valence electrons. The summed E-state index contributed by atoms with van der Waals surface area (Å²) in [5.74, 6) is -2.00. The van der Waals surface area contributed by atoms with E-state index in [0.717, 1.165) is 0 Å². The van der Waals surface area contributed by atoms with E-state index in [4.69, 9.17) is 0 Å². The van der Waals surface area contributed by atoms with Crippen molar-refractivity contribution in [2.24, 2.45) is 0 Å². The monoisotopic (exact) mass is 233 g/mol. The van der Waals surface area contributed by atoms with Crippen LogP contribution in [0.25, 0.3) is 0 Å². The summed E-state index contributed by atoms with van der Waals surface area (Å²) in [6.45, 7) is 0. The number of nitrogens with zero attached hydrogens (tertiary/aromatic N) is 1. The maximum absolute atomic E-state index is 12.6. The van der Waals surface area contributed by atoms with E-state index in [9.17, 15) is 30.7 Å². The number of rotatable bonds is 0. The molecule has 1 heterocycles. The fourth-order valence-electron chi connectivity index (χ4n) is 0.794. The van der Waals surface area contributed by atoms with Crippen LogP contribution >= 0.6 is 0 Å². The van der Waals surface area contributed by atoms with E-state index in [2.05, 4.69) is 4.98 Å². The van der Waals surface area contributed by atoms with Gasteiger partial charge in [-0.05, 0) is 0 Å². The Morgan fingerprint density at radius 3 is 1.80 bits per heavy atom. The Morgan fingerprint density at radius 1 is 0.933 bits per heavy atom. The van der Waals surface area contributed by atoms with Crippen molar-refractivity contribution in [1.82, 2.24) is 4.98 Å². The minimum atomic E-state index is -5.05. The van der Waals surface area contributed by atoms with E-state index >= 15 is 0 Å². The Bertz CT molecular complexity index is 365. The van der Waals surface area contributed by atoms with Crippen molar-refractivity contribution in [2.75, 3.05) is 0 Å². The SMILES string of the molecule is Fc1cc(C(F)(F)F)ncc1C(F)(F)F. The van der Waals surface area contributed by atoms with E-state index in [-0.39, 0.29) is 12.3 Å². The van der Waals surface area contributed by atoms with Gasteiger partial charge in [0.1, 0.15) is 17.1 Å². The van der Waals surface area contributed by atoms with E-state index in [0.29, 0.717) is 0 Å². The topological polar surface area (TPSA) is 12.9 Å². The second kappa shape index (κ2) is 3.35. The van der Waals surface area contributed by atoms with Crippen molar-refractivity contribution in [3.8, 4) is 0 Å². The van der Waals surface area contributed by atoms with Crippen molar-refractivity contribution < 1.29 is 30.7 Å². The Morgan fingerprint density at radius 2 is 1.47 bits per heavy atom. The summed E-state index contributed by atoms with van der Waals surface area (Å²) in [7, 11) is 0. The molecule has 1 rings (SSSR count). The van der Waals surface area contributed by atoms with Gasteiger partial charge >= 0.3 is 12.4 Å². The van der Waals surface area contributed by atoms with Gasteiger partial charge in [0, 0.05) is 12.3 Å². The Labute approximate surface area is 78.5 Å². The van der Waals surface area contributed by atoms with E-state index < -0.39 is 29.4 Å². The van der Waals surface area contributed by atoms with Crippen LogP contribution in [-0.4, -0.2) is 4.98 Å². The third kappa shape index (κ3) is 2.57. The van der Waals surface area contributed by atoms with Gasteiger partial charge in [0.2, 0.25) is 0 Å². The van der Waals surface area contributed by atoms with Gasteiger partial charge in [0.15, 0.2) is 0 Å². The normalized spacial score (nSPS) is 13.0. The van der Waals surface area contributed by atoms with E-state index in [1.54, 1.807) is 0 Å². The number of aromatic nitrogens is 1. The lowest BCUT2D eigenvalue weighted by Gasteiger charge is -2.10. The molecule has 0 spiro atoms. The smallest absolute Gasteiger partial charge is 0.251 e. The molecule has 0 radical (unpaired) electrons. The van der Waals surface area contributed by atoms with Crippen molar-refractivity contribution in [2.45, 2.75) is 12.4 Å². The molecule has 1 aromatic heterocycles. The second-order valence-corrected chi connectivity index (χ2v) is 2.54. The van der Waals surface area contributed by atoms with Gasteiger partial charge in [0.05, 0.1) is 0 Å². The van der Waals surface area contributed by atoms with Crippen molar-refractivity contribution in [3.05, 3.63) is 29.3 Å². The van der Waals surface area contributed by atoms with Gasteiger partial charge in [-0.15, -0.1) is 0 Å². The van der Waals surface area contributed by atoms with E-state index in [1.165, 1.54) is 0 Å². The van der Waals surface area contributed by atoms with Crippen molar-refractivity contribution >= 4 is 0 Å². The van der Waals surface area contributed by atoms with Gasteiger partial charge < -0.3 is 0 Å². The first kappa shape index (κ1) is 11.7. The highest BCUT2D eigenvalue weighted by molar-refractivity contribution is 5.20. The number of alkyl halides is 6. The molecular formula is C7H2F7N. The lowest BCUT2D eigenvalue weighted by atomic mass is 10.2. The summed E-state index contributed by atoms with van der Waals surface area (Å²) in [5.41, 5.74) is -3.52. The molecule has 1 nitrogen and oxygen atoms in total. The van der Waals surface area contributed by atoms with Gasteiger partial charge in [-0.1, -0.05) is 0 Å². The van der Waals surface area contributed by atoms with Gasteiger partial charge in [0.25, 0.3) is 0 Å². The molecule has 0 unspecified atom stereocenters. The molecule has 0 aromatic carbocycles. The maximum atomic E-state index is 12.6. The predicted octanol–water partition coefficient (Wildman–Crippen LogP) is 3.26. The fraction of sp³-hybridized carbons (Fsp3) is 0.286. The molecule has 0 aliphatic carbocycles. The summed E-state index contributed by atoms with van der Waals surface area (Å²) in [4.78, 5) is 2.49. The average molecular weight is 233 g/mol. The molecule has 0 amide bonds. The van der Waals surface area contributed by atoms with Crippen LogP contribution in [0.15, 0.2) is 12.3 Å². The highest BCUT2D eigenvalue weighted by Crippen LogP contribution is 2.34. The molecule has 0 saturated carbocycles. The molecule has 1 aromatic rings. The van der Waals surface area contributed by atoms with Crippen molar-refractivity contribution in [1.29, 1.82) is 0 Å². The fourth-order valence-corrected chi connectivity index (χ4v) is 0.794. The highest BCUT2D eigenvalue weighted by Gasteiger charge is 2.38. The first-order valence-corrected chi connectivity index (χ1v) is 3.42. The highest BCUT2D eigenvalue weighted by atomic mass is 19.4. The number of halogens is 7. The van der Waals surface area contributed by atoms with E-state index in [1.807, 2.05) is 0 Å². The zero-order chi connectivity index (χ0) is 11.9. The summed E-state index contributed by atoms with van der Waals surface area (Å²) in [5, 5.41) is 0. The molecule has 15 heavy (non-hydrogen) atoms. The molecule has 8 heteroatoms. The molecule has 0 N–H and O–H groups in total. The van der Waals surface area contributed by atoms with Crippen LogP contribution in [0, 0.1) is 5.82 Å². The summed E-state index contributed by atoms with van der Waals surface area (Å²) >= 11 is 0. The van der Waals surface area contributed by atoms with Crippen LogP contribution in [0.5, 0.6) is 0 Å². The van der Waals surface area contributed by atoms with Crippen LogP contribution in [0.4, 0.5) is 30.7 Å². The minimum absolute atomic E-state index is 0.182. The largest absolute Gasteiger partial charge is 0.433 e. The van der Waals surface area contributed by atoms with Crippen LogP contribution in [0.1, 0.15) is 11.3 Å². The summed E-state index contributed by atoms with van der Waals surface area (Å²) < 4.78 is 84.0. The third-order valence-corrected chi connectivity index (χ3v) is 1.45. The Hall–Kier alpha value is -1.34. The first-order valence-electron chi connectivity index (χ1n) is 3.42. The Balaban J connectivity index is 3.21. The van der Waals surface area contributed by atoms with Crippen LogP contribution in [0.3, 0.4) is 0 Å². The van der Waals surface area contributed by atoms with Crippen LogP contribution in [-0.2, 0) is 12.4 Å². The summed E-state index contributed by atoms with van der Waals surface area (Å²) in [6, 6.07) is -0.289. The Kier molecular flexibility index (Phi) is 2.62. The molecule has 0 fully saturated rings. The molecule has 0 saturated heterocycles. The average Bonchev–Trinajstić information content (AvgIpc) is 1.99. The number of pyridine rings is 1. The maximum Gasteiger partial charge on any atom is 0.433 e. The van der Waals surface area contributed by atoms with Crippen LogP contribution < -0.4 is 0 Å². The first-order chi connectivity index (χ1) is 6.62. The lowest BCUT2D eigenvalue weighted by molar-refractivity contribution is -0.146. The zero-order valence-corrected chi connectivity index (χ0v) is 6.75. The predicted molar refractivity (Wildman–Crippen MR) is 34.2 cm³/mol. The van der Waals surface area contributed by atoms with Crippen LogP contribution in [0.2, 0.25) is 0 Å². The number of hydrogen-bond acceptors (Lipinski definition) is 1. The number of hydrogen-bond donors (Lipinski definition) is 0.